The second kappa shape index (κ2) is 5.61. The van der Waals surface area contributed by atoms with E-state index in [2.05, 4.69) is 4.98 Å². The lowest BCUT2D eigenvalue weighted by Crippen LogP contribution is -2.32. The molecule has 0 aliphatic rings. The molecule has 90 valence electrons. The van der Waals surface area contributed by atoms with Crippen LogP contribution in [-0.2, 0) is 11.2 Å². The minimum atomic E-state index is -1.00. The first-order chi connectivity index (χ1) is 7.66. The quantitative estimate of drug-likeness (QED) is 0.870. The Morgan fingerprint density at radius 1 is 1.29 bits per heavy atom. The number of carbonyl (C=O) groups is 1. The zero-order chi connectivity index (χ0) is 11.5. The first-order valence-corrected chi connectivity index (χ1v) is 5.00. The van der Waals surface area contributed by atoms with E-state index < -0.39 is 12.0 Å². The molecule has 0 saturated heterocycles. The lowest BCUT2D eigenvalue weighted by atomic mass is 10.1. The molecule has 3 N–H and O–H groups in total. The molecule has 0 aliphatic heterocycles. The average molecular weight is 253 g/mol. The number of nitrogens with zero attached hydrogens (tertiary/aromatic N) is 1. The first kappa shape index (κ1) is 13.4. The Hall–Kier alpha value is -1.65. The van der Waals surface area contributed by atoms with Crippen LogP contribution in [0.1, 0.15) is 5.69 Å². The first-order valence-electron chi connectivity index (χ1n) is 5.00. The molecule has 0 spiro atoms. The van der Waals surface area contributed by atoms with Gasteiger partial charge in [-0.2, -0.15) is 0 Å². The molecule has 1 aromatic heterocycles. The van der Waals surface area contributed by atoms with E-state index in [9.17, 15) is 4.79 Å². The SMILES string of the molecule is Cl.N[C@@H](Cc1ccc2ccccc2n1)C(=O)O. The molecular weight excluding hydrogens is 240 g/mol. The van der Waals surface area contributed by atoms with Crippen molar-refractivity contribution in [1.29, 1.82) is 0 Å². The third-order valence-corrected chi connectivity index (χ3v) is 2.40. The molecule has 0 radical (unpaired) electrons. The predicted molar refractivity (Wildman–Crippen MR) is 68.3 cm³/mol. The molecule has 0 bridgehead atoms. The van der Waals surface area contributed by atoms with Gasteiger partial charge in [0.15, 0.2) is 0 Å². The molecule has 0 saturated carbocycles. The summed E-state index contributed by atoms with van der Waals surface area (Å²) in [6.45, 7) is 0. The Balaban J connectivity index is 0.00000144. The lowest BCUT2D eigenvalue weighted by Gasteiger charge is -2.06. The van der Waals surface area contributed by atoms with Gasteiger partial charge < -0.3 is 10.8 Å². The van der Waals surface area contributed by atoms with E-state index in [4.69, 9.17) is 10.8 Å². The molecule has 0 fully saturated rings. The van der Waals surface area contributed by atoms with Gasteiger partial charge in [0.2, 0.25) is 0 Å². The summed E-state index contributed by atoms with van der Waals surface area (Å²) in [4.78, 5) is 15.0. The van der Waals surface area contributed by atoms with Gasteiger partial charge in [0.1, 0.15) is 6.04 Å². The van der Waals surface area contributed by atoms with E-state index in [1.807, 2.05) is 36.4 Å². The number of rotatable bonds is 3. The lowest BCUT2D eigenvalue weighted by molar-refractivity contribution is -0.138. The van der Waals surface area contributed by atoms with Crippen molar-refractivity contribution >= 4 is 29.3 Å². The Morgan fingerprint density at radius 3 is 2.71 bits per heavy atom. The van der Waals surface area contributed by atoms with Gasteiger partial charge in [0.25, 0.3) is 0 Å². The molecular formula is C12H13ClN2O2. The number of nitrogens with two attached hydrogens (primary N) is 1. The number of carboxylic acids is 1. The molecule has 2 rings (SSSR count). The molecule has 1 aromatic carbocycles. The highest BCUT2D eigenvalue weighted by Crippen LogP contribution is 2.12. The van der Waals surface area contributed by atoms with Crippen LogP contribution in [-0.4, -0.2) is 22.1 Å². The Labute approximate surface area is 105 Å². The fraction of sp³-hybridized carbons (Fsp3) is 0.167. The van der Waals surface area contributed by atoms with Crippen molar-refractivity contribution in [2.24, 2.45) is 5.73 Å². The van der Waals surface area contributed by atoms with Crippen LogP contribution >= 0.6 is 12.4 Å². The van der Waals surface area contributed by atoms with Gasteiger partial charge in [-0.1, -0.05) is 24.3 Å². The maximum Gasteiger partial charge on any atom is 0.320 e. The zero-order valence-corrected chi connectivity index (χ0v) is 9.85. The van der Waals surface area contributed by atoms with Crippen molar-refractivity contribution < 1.29 is 9.90 Å². The molecule has 0 unspecified atom stereocenters. The van der Waals surface area contributed by atoms with E-state index in [0.717, 1.165) is 10.9 Å². The number of hydrogen-bond acceptors (Lipinski definition) is 3. The van der Waals surface area contributed by atoms with Crippen LogP contribution in [0.3, 0.4) is 0 Å². The smallest absolute Gasteiger partial charge is 0.320 e. The van der Waals surface area contributed by atoms with Crippen LogP contribution in [0.15, 0.2) is 36.4 Å². The second-order valence-corrected chi connectivity index (χ2v) is 3.64. The number of pyridine rings is 1. The summed E-state index contributed by atoms with van der Waals surface area (Å²) in [7, 11) is 0. The number of hydrogen-bond donors (Lipinski definition) is 2. The Bertz CT molecular complexity index is 531. The largest absolute Gasteiger partial charge is 0.480 e. The van der Waals surface area contributed by atoms with Gasteiger partial charge in [-0.05, 0) is 12.1 Å². The summed E-state index contributed by atoms with van der Waals surface area (Å²) < 4.78 is 0. The molecule has 5 heteroatoms. The minimum Gasteiger partial charge on any atom is -0.480 e. The summed E-state index contributed by atoms with van der Waals surface area (Å²) in [5.74, 6) is -1.00. The van der Waals surface area contributed by atoms with Gasteiger partial charge >= 0.3 is 5.97 Å². The average Bonchev–Trinajstić information content (AvgIpc) is 2.28. The van der Waals surface area contributed by atoms with E-state index >= 15 is 0 Å². The van der Waals surface area contributed by atoms with Crippen LogP contribution in [0.2, 0.25) is 0 Å². The normalized spacial score (nSPS) is 11.8. The number of aromatic nitrogens is 1. The van der Waals surface area contributed by atoms with Crippen molar-refractivity contribution in [3.63, 3.8) is 0 Å². The molecule has 2 aromatic rings. The van der Waals surface area contributed by atoms with Crippen molar-refractivity contribution in [3.05, 3.63) is 42.1 Å². The van der Waals surface area contributed by atoms with Crippen LogP contribution in [0.5, 0.6) is 0 Å². The van der Waals surface area contributed by atoms with E-state index in [0.29, 0.717) is 5.69 Å². The van der Waals surface area contributed by atoms with Crippen molar-refractivity contribution in [1.82, 2.24) is 4.98 Å². The highest BCUT2D eigenvalue weighted by atomic mass is 35.5. The van der Waals surface area contributed by atoms with E-state index in [1.165, 1.54) is 0 Å². The predicted octanol–water partition coefficient (Wildman–Crippen LogP) is 1.61. The zero-order valence-electron chi connectivity index (χ0n) is 9.04. The number of fused-ring (bicyclic) bond motifs is 1. The number of aliphatic carboxylic acids is 1. The molecule has 4 nitrogen and oxygen atoms in total. The van der Waals surface area contributed by atoms with Crippen LogP contribution < -0.4 is 5.73 Å². The molecule has 17 heavy (non-hydrogen) atoms. The van der Waals surface area contributed by atoms with E-state index in [-0.39, 0.29) is 18.8 Å². The molecule has 0 amide bonds. The third kappa shape index (κ3) is 3.15. The monoisotopic (exact) mass is 252 g/mol. The second-order valence-electron chi connectivity index (χ2n) is 3.64. The Morgan fingerprint density at radius 2 is 2.00 bits per heavy atom. The van der Waals surface area contributed by atoms with Crippen LogP contribution in [0, 0.1) is 0 Å². The number of benzene rings is 1. The number of halogens is 1. The molecule has 0 aliphatic carbocycles. The van der Waals surface area contributed by atoms with E-state index in [1.54, 1.807) is 0 Å². The van der Waals surface area contributed by atoms with Gasteiger partial charge in [-0.3, -0.25) is 9.78 Å². The minimum absolute atomic E-state index is 0. The van der Waals surface area contributed by atoms with Crippen molar-refractivity contribution in [2.75, 3.05) is 0 Å². The molecule has 1 atom stereocenters. The highest BCUT2D eigenvalue weighted by molar-refractivity contribution is 5.85. The summed E-state index contributed by atoms with van der Waals surface area (Å²) in [6, 6.07) is 10.5. The fourth-order valence-corrected chi connectivity index (χ4v) is 1.53. The summed E-state index contributed by atoms with van der Waals surface area (Å²) in [5.41, 5.74) is 7.01. The van der Waals surface area contributed by atoms with Gasteiger partial charge in [-0.25, -0.2) is 0 Å². The summed E-state index contributed by atoms with van der Waals surface area (Å²) in [5, 5.41) is 9.74. The maximum absolute atomic E-state index is 10.6. The molecule has 1 heterocycles. The van der Waals surface area contributed by atoms with Crippen LogP contribution in [0.4, 0.5) is 0 Å². The third-order valence-electron chi connectivity index (χ3n) is 2.40. The number of para-hydroxylation sites is 1. The van der Waals surface area contributed by atoms with Crippen molar-refractivity contribution in [3.8, 4) is 0 Å². The van der Waals surface area contributed by atoms with Gasteiger partial charge in [0.05, 0.1) is 5.52 Å². The van der Waals surface area contributed by atoms with Crippen molar-refractivity contribution in [2.45, 2.75) is 12.5 Å². The summed E-state index contributed by atoms with van der Waals surface area (Å²) >= 11 is 0. The summed E-state index contributed by atoms with van der Waals surface area (Å²) in [6.07, 6.45) is 0.250. The topological polar surface area (TPSA) is 76.2 Å². The van der Waals surface area contributed by atoms with Crippen LogP contribution in [0.25, 0.3) is 10.9 Å². The standard InChI is InChI=1S/C12H12N2O2.ClH/c13-10(12(15)16)7-9-6-5-8-3-1-2-4-11(8)14-9;/h1-6,10H,7,13H2,(H,15,16);1H/t10-;/m0./s1. The maximum atomic E-state index is 10.6. The Kier molecular flexibility index (Phi) is 4.43. The number of carboxylic acid groups (broad SMARTS) is 1. The van der Waals surface area contributed by atoms with Gasteiger partial charge in [-0.15, -0.1) is 12.4 Å². The van der Waals surface area contributed by atoms with Gasteiger partial charge in [0, 0.05) is 17.5 Å². The highest BCUT2D eigenvalue weighted by Gasteiger charge is 2.12. The fourth-order valence-electron chi connectivity index (χ4n) is 1.53.